The van der Waals surface area contributed by atoms with Crippen LogP contribution < -0.4 is 0 Å². The molecule has 0 saturated carbocycles. The lowest BCUT2D eigenvalue weighted by Crippen LogP contribution is -2.38. The van der Waals surface area contributed by atoms with Crippen LogP contribution in [0, 0.1) is 0 Å². The van der Waals surface area contributed by atoms with E-state index in [1.807, 2.05) is 0 Å². The van der Waals surface area contributed by atoms with Crippen molar-refractivity contribution in [2.75, 3.05) is 19.6 Å². The van der Waals surface area contributed by atoms with Gasteiger partial charge in [0.15, 0.2) is 0 Å². The maximum Gasteiger partial charge on any atom is 0.417 e. The zero-order chi connectivity index (χ0) is 21.3. The first-order chi connectivity index (χ1) is 13.6. The van der Waals surface area contributed by atoms with Gasteiger partial charge < -0.3 is 4.90 Å². The van der Waals surface area contributed by atoms with Gasteiger partial charge in [-0.1, -0.05) is 12.1 Å². The monoisotopic (exact) mass is 426 g/mol. The summed E-state index contributed by atoms with van der Waals surface area (Å²) >= 11 is 0.755. The molecule has 3 amide bonds. The molecule has 0 spiro atoms. The van der Waals surface area contributed by atoms with Crippen LogP contribution in [-0.2, 0) is 15.8 Å². The Morgan fingerprint density at radius 3 is 2.31 bits per heavy atom. The summed E-state index contributed by atoms with van der Waals surface area (Å²) in [4.78, 5) is 50.7. The highest BCUT2D eigenvalue weighted by Crippen LogP contribution is 2.37. The second-order valence-corrected chi connectivity index (χ2v) is 7.69. The van der Waals surface area contributed by atoms with Crippen molar-refractivity contribution in [2.24, 2.45) is 0 Å². The predicted octanol–water partition coefficient (Wildman–Crippen LogP) is 3.48. The number of alkyl halides is 3. The molecule has 0 unspecified atom stereocenters. The molecule has 0 radical (unpaired) electrons. The van der Waals surface area contributed by atoms with Crippen LogP contribution in [0.25, 0.3) is 0 Å². The zero-order valence-electron chi connectivity index (χ0n) is 15.4. The van der Waals surface area contributed by atoms with Gasteiger partial charge in [-0.05, 0) is 49.2 Å². The highest BCUT2D eigenvalue weighted by atomic mass is 32.2. The second-order valence-electron chi connectivity index (χ2n) is 6.73. The van der Waals surface area contributed by atoms with Crippen LogP contribution >= 0.6 is 11.8 Å². The van der Waals surface area contributed by atoms with Gasteiger partial charge >= 0.3 is 6.18 Å². The van der Waals surface area contributed by atoms with E-state index in [9.17, 15) is 32.3 Å². The minimum atomic E-state index is -4.64. The Kier molecular flexibility index (Phi) is 5.83. The normalized spacial score (nSPS) is 17.9. The van der Waals surface area contributed by atoms with Gasteiger partial charge in [0.05, 0.1) is 22.6 Å². The Balaban J connectivity index is 1.74. The molecule has 0 aromatic heterocycles. The minimum Gasteiger partial charge on any atom is -0.338 e. The highest BCUT2D eigenvalue weighted by molar-refractivity contribution is 8.18. The van der Waals surface area contributed by atoms with Crippen LogP contribution in [0.2, 0.25) is 0 Å². The molecule has 0 N–H and O–H groups in total. The van der Waals surface area contributed by atoms with Crippen LogP contribution in [0.15, 0.2) is 34.7 Å². The van der Waals surface area contributed by atoms with Gasteiger partial charge in [-0.25, -0.2) is 0 Å². The fraction of sp³-hybridized carbons (Fsp3) is 0.368. The van der Waals surface area contributed by atoms with Crippen molar-refractivity contribution in [1.82, 2.24) is 9.80 Å². The van der Waals surface area contributed by atoms with Crippen LogP contribution in [0.5, 0.6) is 0 Å². The van der Waals surface area contributed by atoms with E-state index in [2.05, 4.69) is 0 Å². The average molecular weight is 426 g/mol. The molecule has 154 valence electrons. The van der Waals surface area contributed by atoms with Crippen molar-refractivity contribution < 1.29 is 32.3 Å². The molecule has 10 heteroatoms. The number of carbonyl (C=O) groups excluding carboxylic acids is 4. The lowest BCUT2D eigenvalue weighted by molar-refractivity contribution is -0.138. The summed E-state index contributed by atoms with van der Waals surface area (Å²) in [5.41, 5.74) is -0.723. The number of thioether (sulfide) groups is 1. The maximum absolute atomic E-state index is 13.2. The van der Waals surface area contributed by atoms with Gasteiger partial charge in [0.2, 0.25) is 0 Å². The summed E-state index contributed by atoms with van der Waals surface area (Å²) in [6, 6.07) is 4.62. The number of rotatable bonds is 3. The Bertz CT molecular complexity index is 916. The third-order valence-electron chi connectivity index (χ3n) is 4.67. The predicted molar refractivity (Wildman–Crippen MR) is 99.0 cm³/mol. The largest absolute Gasteiger partial charge is 0.417 e. The molecule has 0 aliphatic carbocycles. The lowest BCUT2D eigenvalue weighted by Gasteiger charge is -2.29. The van der Waals surface area contributed by atoms with Gasteiger partial charge in [0.25, 0.3) is 17.1 Å². The van der Waals surface area contributed by atoms with Crippen LogP contribution in [0.1, 0.15) is 35.7 Å². The first kappa shape index (κ1) is 21.1. The highest BCUT2D eigenvalue weighted by Gasteiger charge is 2.39. The van der Waals surface area contributed by atoms with E-state index in [1.165, 1.54) is 24.0 Å². The van der Waals surface area contributed by atoms with Crippen molar-refractivity contribution in [2.45, 2.75) is 25.9 Å². The van der Waals surface area contributed by atoms with Gasteiger partial charge in [0.1, 0.15) is 5.78 Å². The number of hydrogen-bond acceptors (Lipinski definition) is 5. The number of piperidine rings is 1. The number of likely N-dealkylation sites (tertiary alicyclic amines) is 1. The molecular formula is C19H17F3N2O4S. The van der Waals surface area contributed by atoms with Crippen LogP contribution in [0.3, 0.4) is 0 Å². The first-order valence-corrected chi connectivity index (χ1v) is 9.62. The van der Waals surface area contributed by atoms with Gasteiger partial charge in [0, 0.05) is 13.1 Å². The van der Waals surface area contributed by atoms with Crippen LogP contribution in [0.4, 0.5) is 18.0 Å². The van der Waals surface area contributed by atoms with E-state index >= 15 is 0 Å². The smallest absolute Gasteiger partial charge is 0.338 e. The number of Topliss-reactive ketones (excluding diaryl/α,β-unsaturated/α-hetero) is 1. The number of imide groups is 1. The van der Waals surface area contributed by atoms with Gasteiger partial charge in [-0.15, -0.1) is 0 Å². The number of benzene rings is 1. The molecule has 2 aliphatic heterocycles. The summed E-state index contributed by atoms with van der Waals surface area (Å²) in [6.45, 7) is 1.26. The van der Waals surface area contributed by atoms with E-state index in [0.29, 0.717) is 5.57 Å². The molecule has 1 aromatic rings. The second kappa shape index (κ2) is 8.02. The number of nitrogens with zero attached hydrogens (tertiary/aromatic N) is 2. The number of amides is 3. The molecule has 29 heavy (non-hydrogen) atoms. The summed E-state index contributed by atoms with van der Waals surface area (Å²) in [7, 11) is 0. The van der Waals surface area contributed by atoms with Crippen molar-refractivity contribution in [3.63, 3.8) is 0 Å². The maximum atomic E-state index is 13.2. The minimum absolute atomic E-state index is 0.137. The third-order valence-corrected chi connectivity index (χ3v) is 5.73. The fourth-order valence-electron chi connectivity index (χ4n) is 3.27. The number of halogens is 3. The first-order valence-electron chi connectivity index (χ1n) is 8.80. The SMILES string of the molecule is CC(=O)CN1C(=O)SC(=C2CCN(C(=O)c3ccccc3C(F)(F)F)CC2)C1=O. The third kappa shape index (κ3) is 4.36. The molecule has 1 aromatic carbocycles. The van der Waals surface area contributed by atoms with E-state index < -0.39 is 34.4 Å². The van der Waals surface area contributed by atoms with Crippen molar-refractivity contribution in [3.05, 3.63) is 45.9 Å². The molecule has 0 atom stereocenters. The molecule has 2 aliphatic rings. The van der Waals surface area contributed by atoms with Crippen LogP contribution in [-0.4, -0.2) is 52.3 Å². The quantitative estimate of drug-likeness (QED) is 0.692. The number of hydrogen-bond donors (Lipinski definition) is 0. The molecule has 2 heterocycles. The molecule has 3 rings (SSSR count). The van der Waals surface area contributed by atoms with E-state index in [-0.39, 0.29) is 43.2 Å². The van der Waals surface area contributed by atoms with Crippen molar-refractivity contribution in [3.8, 4) is 0 Å². The summed E-state index contributed by atoms with van der Waals surface area (Å²) < 4.78 is 39.5. The Morgan fingerprint density at radius 2 is 1.72 bits per heavy atom. The molecule has 6 nitrogen and oxygen atoms in total. The summed E-state index contributed by atoms with van der Waals surface area (Å²) in [5.74, 6) is -1.57. The number of carbonyl (C=O) groups is 4. The Morgan fingerprint density at radius 1 is 1.10 bits per heavy atom. The molecular weight excluding hydrogens is 409 g/mol. The van der Waals surface area contributed by atoms with Crippen molar-refractivity contribution in [1.29, 1.82) is 0 Å². The van der Waals surface area contributed by atoms with Gasteiger partial charge in [-0.2, -0.15) is 13.2 Å². The van der Waals surface area contributed by atoms with E-state index in [4.69, 9.17) is 0 Å². The topological polar surface area (TPSA) is 74.8 Å². The molecule has 2 fully saturated rings. The zero-order valence-corrected chi connectivity index (χ0v) is 16.2. The number of ketones is 1. The Labute approximate surface area is 168 Å². The van der Waals surface area contributed by atoms with Crippen molar-refractivity contribution >= 4 is 34.6 Å². The van der Waals surface area contributed by atoms with E-state index in [0.717, 1.165) is 28.8 Å². The standard InChI is InChI=1S/C19H17F3N2O4S/c1-11(25)10-24-17(27)15(29-18(24)28)12-6-8-23(9-7-12)16(26)13-4-2-3-5-14(13)19(20,21)22/h2-5H,6-10H2,1H3. The van der Waals surface area contributed by atoms with Gasteiger partial charge in [-0.3, -0.25) is 24.1 Å². The summed E-state index contributed by atoms with van der Waals surface area (Å²) in [6.07, 6.45) is -4.09. The average Bonchev–Trinajstić information content (AvgIpc) is 2.95. The fourth-order valence-corrected chi connectivity index (χ4v) is 4.25. The molecule has 0 bridgehead atoms. The molecule has 2 saturated heterocycles. The summed E-state index contributed by atoms with van der Waals surface area (Å²) in [5, 5.41) is -0.523. The lowest BCUT2D eigenvalue weighted by atomic mass is 10.0. The van der Waals surface area contributed by atoms with E-state index in [1.54, 1.807) is 0 Å². The Hall–Kier alpha value is -2.62.